The molecule has 0 bridgehead atoms. The number of phenols is 4. The molecule has 0 radical (unpaired) electrons. The number of hydrogen-bond donors (Lipinski definition) is 4. The second kappa shape index (κ2) is 9.48. The molecule has 4 heteroatoms. The van der Waals surface area contributed by atoms with Gasteiger partial charge in [0.1, 0.15) is 23.0 Å². The molecule has 4 rings (SSSR count). The largest absolute Gasteiger partial charge is 0.508 e. The third kappa shape index (κ3) is 5.22. The van der Waals surface area contributed by atoms with E-state index in [0.717, 1.165) is 47.9 Å². The molecule has 0 heterocycles. The van der Waals surface area contributed by atoms with E-state index in [-0.39, 0.29) is 23.0 Å². The summed E-state index contributed by atoms with van der Waals surface area (Å²) in [6, 6.07) is 25.4. The van der Waals surface area contributed by atoms with Crippen LogP contribution in [0.3, 0.4) is 0 Å². The van der Waals surface area contributed by atoms with Gasteiger partial charge in [0.15, 0.2) is 0 Å². The van der Waals surface area contributed by atoms with Crippen LogP contribution in [-0.2, 0) is 25.7 Å². The van der Waals surface area contributed by atoms with Crippen LogP contribution in [0.15, 0.2) is 84.9 Å². The van der Waals surface area contributed by atoms with E-state index >= 15 is 0 Å². The average Bonchev–Trinajstić information content (AvgIpc) is 2.79. The van der Waals surface area contributed by atoms with E-state index in [1.807, 2.05) is 48.5 Å². The van der Waals surface area contributed by atoms with Gasteiger partial charge in [-0.1, -0.05) is 48.5 Å². The van der Waals surface area contributed by atoms with Gasteiger partial charge in [0.2, 0.25) is 0 Å². The summed E-state index contributed by atoms with van der Waals surface area (Å²) in [4.78, 5) is 0. The summed E-state index contributed by atoms with van der Waals surface area (Å²) in [7, 11) is 0. The smallest absolute Gasteiger partial charge is 0.123 e. The van der Waals surface area contributed by atoms with Crippen molar-refractivity contribution in [3.8, 4) is 34.1 Å². The zero-order valence-corrected chi connectivity index (χ0v) is 17.7. The Bertz CT molecular complexity index is 1100. The molecule has 0 atom stereocenters. The fourth-order valence-electron chi connectivity index (χ4n) is 3.82. The fourth-order valence-corrected chi connectivity index (χ4v) is 3.82. The molecular weight excluding hydrogens is 400 g/mol. The molecule has 0 unspecified atom stereocenters. The zero-order valence-electron chi connectivity index (χ0n) is 17.7. The van der Waals surface area contributed by atoms with Gasteiger partial charge in [-0.05, 0) is 84.3 Å². The average molecular weight is 427 g/mol. The van der Waals surface area contributed by atoms with Crippen molar-refractivity contribution in [2.75, 3.05) is 0 Å². The van der Waals surface area contributed by atoms with Gasteiger partial charge in [0.05, 0.1) is 0 Å². The number of hydrogen-bond acceptors (Lipinski definition) is 4. The molecule has 4 aromatic rings. The van der Waals surface area contributed by atoms with E-state index < -0.39 is 0 Å². The number of aryl methyl sites for hydroxylation is 4. The summed E-state index contributed by atoms with van der Waals surface area (Å²) in [6.45, 7) is 0. The molecule has 0 aliphatic heterocycles. The standard InChI is InChI=1S/C28H26O4/c29-23-11-5-19(6-12-23)1-3-21-9-15-25(27(31)17-21)26-16-10-22(18-28(26)32)4-2-20-7-13-24(30)14-8-20/h5-18,29-32H,1-4H2. The highest BCUT2D eigenvalue weighted by atomic mass is 16.3. The highest BCUT2D eigenvalue weighted by Gasteiger charge is 2.11. The first-order valence-electron chi connectivity index (χ1n) is 10.7. The first kappa shape index (κ1) is 21.3. The molecular formula is C28H26O4. The summed E-state index contributed by atoms with van der Waals surface area (Å²) in [5.74, 6) is 0.782. The third-order valence-electron chi connectivity index (χ3n) is 5.69. The molecule has 0 saturated carbocycles. The zero-order chi connectivity index (χ0) is 22.5. The molecule has 0 aliphatic rings. The molecule has 0 aliphatic carbocycles. The van der Waals surface area contributed by atoms with Crippen molar-refractivity contribution in [3.63, 3.8) is 0 Å². The van der Waals surface area contributed by atoms with E-state index in [1.54, 1.807) is 36.4 Å². The van der Waals surface area contributed by atoms with Gasteiger partial charge in [0.25, 0.3) is 0 Å². The van der Waals surface area contributed by atoms with Gasteiger partial charge < -0.3 is 20.4 Å². The van der Waals surface area contributed by atoms with Crippen molar-refractivity contribution in [1.29, 1.82) is 0 Å². The summed E-state index contributed by atoms with van der Waals surface area (Å²) in [6.07, 6.45) is 3.14. The van der Waals surface area contributed by atoms with Crippen molar-refractivity contribution in [2.24, 2.45) is 0 Å². The van der Waals surface area contributed by atoms with Gasteiger partial charge >= 0.3 is 0 Å². The minimum Gasteiger partial charge on any atom is -0.508 e. The first-order chi connectivity index (χ1) is 15.5. The van der Waals surface area contributed by atoms with Crippen molar-refractivity contribution >= 4 is 0 Å². The third-order valence-corrected chi connectivity index (χ3v) is 5.69. The van der Waals surface area contributed by atoms with Crippen LogP contribution in [0.2, 0.25) is 0 Å². The lowest BCUT2D eigenvalue weighted by atomic mass is 9.96. The molecule has 4 N–H and O–H groups in total. The van der Waals surface area contributed by atoms with Crippen LogP contribution in [0.1, 0.15) is 22.3 Å². The minimum atomic E-state index is 0.139. The van der Waals surface area contributed by atoms with Crippen LogP contribution >= 0.6 is 0 Å². The Morgan fingerprint density at radius 1 is 0.375 bits per heavy atom. The van der Waals surface area contributed by atoms with Crippen LogP contribution < -0.4 is 0 Å². The molecule has 4 nitrogen and oxygen atoms in total. The molecule has 0 saturated heterocycles. The van der Waals surface area contributed by atoms with Crippen LogP contribution in [0.25, 0.3) is 11.1 Å². The maximum absolute atomic E-state index is 10.6. The SMILES string of the molecule is Oc1ccc(CCc2ccc(-c3ccc(CCc4ccc(O)cc4)cc3O)c(O)c2)cc1. The normalized spacial score (nSPS) is 10.9. The van der Waals surface area contributed by atoms with Crippen molar-refractivity contribution in [3.05, 3.63) is 107 Å². The predicted molar refractivity (Wildman–Crippen MR) is 126 cm³/mol. The molecule has 162 valence electrons. The monoisotopic (exact) mass is 426 g/mol. The summed E-state index contributed by atoms with van der Waals surface area (Å²) < 4.78 is 0. The maximum atomic E-state index is 10.6. The van der Waals surface area contributed by atoms with Gasteiger partial charge in [-0.3, -0.25) is 0 Å². The lowest BCUT2D eigenvalue weighted by Crippen LogP contribution is -1.93. The van der Waals surface area contributed by atoms with E-state index in [2.05, 4.69) is 0 Å². The van der Waals surface area contributed by atoms with Crippen molar-refractivity contribution < 1.29 is 20.4 Å². The Labute approximate surface area is 187 Å². The van der Waals surface area contributed by atoms with E-state index in [1.165, 1.54) is 0 Å². The molecule has 4 aromatic carbocycles. The summed E-state index contributed by atoms with van der Waals surface area (Å²) in [5, 5.41) is 39.9. The van der Waals surface area contributed by atoms with Gasteiger partial charge in [-0.2, -0.15) is 0 Å². The fraction of sp³-hybridized carbons (Fsp3) is 0.143. The van der Waals surface area contributed by atoms with Crippen LogP contribution in [0, 0.1) is 0 Å². The Morgan fingerprint density at radius 2 is 0.688 bits per heavy atom. The lowest BCUT2D eigenvalue weighted by molar-refractivity contribution is 0.468. The number of rotatable bonds is 7. The van der Waals surface area contributed by atoms with Gasteiger partial charge in [-0.25, -0.2) is 0 Å². The van der Waals surface area contributed by atoms with Crippen LogP contribution in [0.5, 0.6) is 23.0 Å². The minimum absolute atomic E-state index is 0.139. The predicted octanol–water partition coefficient (Wildman–Crippen LogP) is 5.75. The van der Waals surface area contributed by atoms with Crippen molar-refractivity contribution in [2.45, 2.75) is 25.7 Å². The summed E-state index contributed by atoms with van der Waals surface area (Å²) in [5.41, 5.74) is 5.44. The molecule has 0 fully saturated rings. The van der Waals surface area contributed by atoms with E-state index in [4.69, 9.17) is 0 Å². The molecule has 0 aromatic heterocycles. The number of aromatic hydroxyl groups is 4. The Balaban J connectivity index is 1.43. The van der Waals surface area contributed by atoms with Crippen LogP contribution in [-0.4, -0.2) is 20.4 Å². The number of benzene rings is 4. The quantitative estimate of drug-likeness (QED) is 0.303. The Morgan fingerprint density at radius 3 is 1.03 bits per heavy atom. The highest BCUT2D eigenvalue weighted by molar-refractivity contribution is 5.76. The van der Waals surface area contributed by atoms with Gasteiger partial charge in [-0.15, -0.1) is 0 Å². The molecule has 0 spiro atoms. The Hall–Kier alpha value is -3.92. The molecule has 0 amide bonds. The second-order valence-electron chi connectivity index (χ2n) is 8.04. The number of phenolic OH excluding ortho intramolecular Hbond substituents is 4. The Kier molecular flexibility index (Phi) is 6.31. The second-order valence-corrected chi connectivity index (χ2v) is 8.04. The lowest BCUT2D eigenvalue weighted by Gasteiger charge is -2.11. The van der Waals surface area contributed by atoms with E-state index in [0.29, 0.717) is 11.1 Å². The van der Waals surface area contributed by atoms with Gasteiger partial charge in [0, 0.05) is 11.1 Å². The summed E-state index contributed by atoms with van der Waals surface area (Å²) >= 11 is 0. The van der Waals surface area contributed by atoms with E-state index in [9.17, 15) is 20.4 Å². The van der Waals surface area contributed by atoms with Crippen LogP contribution in [0.4, 0.5) is 0 Å². The topological polar surface area (TPSA) is 80.9 Å². The molecule has 32 heavy (non-hydrogen) atoms. The van der Waals surface area contributed by atoms with Crippen molar-refractivity contribution in [1.82, 2.24) is 0 Å². The highest BCUT2D eigenvalue weighted by Crippen LogP contribution is 2.36. The first-order valence-corrected chi connectivity index (χ1v) is 10.7. The maximum Gasteiger partial charge on any atom is 0.123 e.